The molecule has 2 heterocycles. The number of carbonyl (C=O) groups is 9. The zero-order chi connectivity index (χ0) is 47.0. The minimum Gasteiger partial charge on any atom is -0.391 e. The first-order chi connectivity index (χ1) is 29.7. The van der Waals surface area contributed by atoms with Crippen molar-refractivity contribution in [1.29, 1.82) is 0 Å². The Morgan fingerprint density at radius 3 is 2.16 bits per heavy atom. The van der Waals surface area contributed by atoms with E-state index in [2.05, 4.69) is 26.6 Å². The van der Waals surface area contributed by atoms with Gasteiger partial charge in [-0.2, -0.15) is 0 Å². The van der Waals surface area contributed by atoms with Gasteiger partial charge in [-0.15, -0.1) is 11.8 Å². The van der Waals surface area contributed by atoms with E-state index in [1.807, 2.05) is 13.8 Å². The number of amides is 9. The van der Waals surface area contributed by atoms with Crippen LogP contribution in [-0.2, 0) is 49.6 Å². The summed E-state index contributed by atoms with van der Waals surface area (Å²) in [5, 5.41) is 24.0. The number of benzene rings is 1. The highest BCUT2D eigenvalue weighted by molar-refractivity contribution is 8.00. The molecule has 0 bridgehead atoms. The van der Waals surface area contributed by atoms with Crippen molar-refractivity contribution < 1.29 is 48.3 Å². The number of likely N-dealkylation sites (N-methyl/N-ethyl adjacent to an activating group) is 2. The molecule has 2 aliphatic rings. The smallest absolute Gasteiger partial charge is 0.248 e. The van der Waals surface area contributed by atoms with E-state index in [9.17, 15) is 48.3 Å². The third-order valence-corrected chi connectivity index (χ3v) is 11.9. The molecule has 10 N–H and O–H groups in total. The molecule has 1 aromatic rings. The molecule has 21 heteroatoms. The van der Waals surface area contributed by atoms with Gasteiger partial charge in [-0.3, -0.25) is 43.2 Å². The first-order valence-electron chi connectivity index (χ1n) is 21.4. The number of nitrogens with zero attached hydrogens (tertiary/aromatic N) is 3. The minimum atomic E-state index is -1.54. The number of hydrogen-bond donors (Lipinski definition) is 8. The van der Waals surface area contributed by atoms with E-state index >= 15 is 0 Å². The van der Waals surface area contributed by atoms with Gasteiger partial charge in [0, 0.05) is 32.8 Å². The minimum absolute atomic E-state index is 0.0512. The number of nitrogens with one attached hydrogen (secondary N) is 5. The van der Waals surface area contributed by atoms with Crippen LogP contribution in [0.3, 0.4) is 0 Å². The van der Waals surface area contributed by atoms with Crippen molar-refractivity contribution >= 4 is 64.9 Å². The zero-order valence-corrected chi connectivity index (χ0v) is 37.9. The first kappa shape index (κ1) is 52.1. The third-order valence-electron chi connectivity index (χ3n) is 10.9. The number of carbonyl (C=O) groups excluding carboxylic acids is 9. The van der Waals surface area contributed by atoms with Crippen LogP contribution in [-0.4, -0.2) is 167 Å². The van der Waals surface area contributed by atoms with E-state index in [-0.39, 0.29) is 49.7 Å². The molecule has 0 radical (unpaired) electrons. The average molecular weight is 903 g/mol. The number of aliphatic hydroxyl groups is 1. The second kappa shape index (κ2) is 25.1. The molecule has 63 heavy (non-hydrogen) atoms. The molecule has 3 rings (SSSR count). The number of rotatable bonds is 10. The van der Waals surface area contributed by atoms with Crippen molar-refractivity contribution in [2.24, 2.45) is 17.4 Å². The molecule has 0 saturated carbocycles. The van der Waals surface area contributed by atoms with Crippen molar-refractivity contribution in [1.82, 2.24) is 41.3 Å². The fourth-order valence-corrected chi connectivity index (χ4v) is 8.20. The summed E-state index contributed by atoms with van der Waals surface area (Å²) in [6, 6.07) is 0.372. The van der Waals surface area contributed by atoms with Gasteiger partial charge in [-0.1, -0.05) is 44.2 Å². The van der Waals surface area contributed by atoms with Crippen LogP contribution in [0.2, 0.25) is 0 Å². The van der Waals surface area contributed by atoms with Crippen LogP contribution in [0.4, 0.5) is 0 Å². The molecule has 9 amide bonds. The lowest BCUT2D eigenvalue weighted by Gasteiger charge is -2.34. The van der Waals surface area contributed by atoms with Gasteiger partial charge in [-0.25, -0.2) is 0 Å². The van der Waals surface area contributed by atoms with Crippen molar-refractivity contribution in [2.75, 3.05) is 45.2 Å². The molecule has 0 spiro atoms. The van der Waals surface area contributed by atoms with Crippen LogP contribution < -0.4 is 38.1 Å². The van der Waals surface area contributed by atoms with Crippen molar-refractivity contribution in [2.45, 2.75) is 121 Å². The molecule has 20 nitrogen and oxygen atoms in total. The maximum absolute atomic E-state index is 14.3. The standard InChI is InChI=1S/C42H66N10O10S/c1-24(2)19-32-40(60)49-35(26(4)53)42(62)50(5)21-34(55)52-18-12-16-31(52)39(59)48-30(36(44)56)22-63-23-33(54)46-29(20-27-13-8-7-9-14-27)38(58)45-25(3)37(57)47-28(15-10-11-17-43)41(61)51(32)6/h7-9,13-14,24-26,28-32,35,53H,10-12,15-23,43H2,1-6H3,(H2,44,56)(H,45,58)(H,46,54)(H,47,57)(H,48,59)(H,49,60)/t25-,26+,28-,29-,30-,31-,32-,35-/m0/s1. The predicted molar refractivity (Wildman–Crippen MR) is 235 cm³/mol. The van der Waals surface area contributed by atoms with Gasteiger partial charge < -0.3 is 57.9 Å². The Labute approximate surface area is 373 Å². The van der Waals surface area contributed by atoms with E-state index in [1.165, 1.54) is 37.7 Å². The fraction of sp³-hybridized carbons (Fsp3) is 0.643. The second-order valence-electron chi connectivity index (χ2n) is 16.6. The number of unbranched alkanes of at least 4 members (excludes halogenated alkanes) is 1. The fourth-order valence-electron chi connectivity index (χ4n) is 7.33. The highest BCUT2D eigenvalue weighted by atomic mass is 32.2. The van der Waals surface area contributed by atoms with Gasteiger partial charge in [0.05, 0.1) is 18.4 Å². The third kappa shape index (κ3) is 15.8. The molecule has 2 aliphatic heterocycles. The van der Waals surface area contributed by atoms with Gasteiger partial charge in [0.15, 0.2) is 0 Å². The number of aliphatic hydroxyl groups excluding tert-OH is 1. The van der Waals surface area contributed by atoms with Crippen molar-refractivity contribution in [3.8, 4) is 0 Å². The quantitative estimate of drug-likeness (QED) is 0.116. The summed E-state index contributed by atoms with van der Waals surface area (Å²) in [7, 11) is 2.70. The van der Waals surface area contributed by atoms with Crippen LogP contribution in [0, 0.1) is 5.92 Å². The molecule has 0 aromatic heterocycles. The molecule has 0 aliphatic carbocycles. The van der Waals surface area contributed by atoms with Gasteiger partial charge >= 0.3 is 0 Å². The SMILES string of the molecule is CC(C)C[C@H]1C(=O)N[C@@H]([C@@H](C)O)C(=O)N(C)CC(=O)N2CCC[C@H]2C(=O)N[C@H](C(N)=O)CSCC(=O)N[C@@H](Cc2ccccc2)C(=O)N[C@@H](C)C(=O)N[C@@H](CCCCN)C(=O)N1C. The maximum Gasteiger partial charge on any atom is 0.248 e. The van der Waals surface area contributed by atoms with E-state index in [1.54, 1.807) is 30.3 Å². The summed E-state index contributed by atoms with van der Waals surface area (Å²) in [5.74, 6) is -6.87. The lowest BCUT2D eigenvalue weighted by Crippen LogP contribution is -2.61. The summed E-state index contributed by atoms with van der Waals surface area (Å²) in [4.78, 5) is 126. The lowest BCUT2D eigenvalue weighted by atomic mass is 9.99. The molecule has 2 saturated heterocycles. The number of nitrogens with two attached hydrogens (primary N) is 2. The average Bonchev–Trinajstić information content (AvgIpc) is 3.73. The van der Waals surface area contributed by atoms with E-state index in [4.69, 9.17) is 11.5 Å². The molecule has 350 valence electrons. The Hall–Kier alpha value is -5.28. The van der Waals surface area contributed by atoms with E-state index in [0.29, 0.717) is 31.4 Å². The summed E-state index contributed by atoms with van der Waals surface area (Å²) < 4.78 is 0. The summed E-state index contributed by atoms with van der Waals surface area (Å²) in [6.45, 7) is 6.34. The van der Waals surface area contributed by atoms with Crippen LogP contribution in [0.5, 0.6) is 0 Å². The van der Waals surface area contributed by atoms with Gasteiger partial charge in [0.1, 0.15) is 42.3 Å². The number of hydrogen-bond acceptors (Lipinski definition) is 12. The molecular formula is C42H66N10O10S. The van der Waals surface area contributed by atoms with Crippen molar-refractivity contribution in [3.05, 3.63) is 35.9 Å². The maximum atomic E-state index is 14.3. The Morgan fingerprint density at radius 2 is 1.54 bits per heavy atom. The molecule has 1 aromatic carbocycles. The van der Waals surface area contributed by atoms with Crippen molar-refractivity contribution in [3.63, 3.8) is 0 Å². The Bertz CT molecular complexity index is 1790. The topological polar surface area (TPSA) is 296 Å². The number of thioether (sulfide) groups is 1. The van der Waals surface area contributed by atoms with Crippen LogP contribution in [0.15, 0.2) is 30.3 Å². The number of primary amides is 1. The van der Waals surface area contributed by atoms with E-state index in [0.717, 1.165) is 16.7 Å². The second-order valence-corrected chi connectivity index (χ2v) is 17.7. The summed E-state index contributed by atoms with van der Waals surface area (Å²) in [5.41, 5.74) is 12.1. The summed E-state index contributed by atoms with van der Waals surface area (Å²) >= 11 is 0.973. The van der Waals surface area contributed by atoms with Crippen LogP contribution in [0.1, 0.15) is 71.8 Å². The Balaban J connectivity index is 2.03. The van der Waals surface area contributed by atoms with Gasteiger partial charge in [0.25, 0.3) is 0 Å². The number of fused-ring (bicyclic) bond motifs is 1. The summed E-state index contributed by atoms with van der Waals surface area (Å²) in [6.07, 6.45) is 0.521. The Morgan fingerprint density at radius 1 is 0.857 bits per heavy atom. The molecule has 0 unspecified atom stereocenters. The monoisotopic (exact) mass is 902 g/mol. The van der Waals surface area contributed by atoms with Crippen LogP contribution >= 0.6 is 11.8 Å². The van der Waals surface area contributed by atoms with E-state index < -0.39 is 108 Å². The van der Waals surface area contributed by atoms with Gasteiger partial charge in [0.2, 0.25) is 53.2 Å². The predicted octanol–water partition coefficient (Wildman–Crippen LogP) is -2.26. The molecule has 2 fully saturated rings. The highest BCUT2D eigenvalue weighted by Gasteiger charge is 2.39. The van der Waals surface area contributed by atoms with Crippen LogP contribution in [0.25, 0.3) is 0 Å². The zero-order valence-electron chi connectivity index (χ0n) is 37.1. The first-order valence-corrected chi connectivity index (χ1v) is 22.5. The largest absolute Gasteiger partial charge is 0.391 e. The molecule has 8 atom stereocenters. The van der Waals surface area contributed by atoms with Gasteiger partial charge in [-0.05, 0) is 70.4 Å². The Kier molecular flexibility index (Phi) is 20.8. The molecular weight excluding hydrogens is 837 g/mol. The highest BCUT2D eigenvalue weighted by Crippen LogP contribution is 2.20. The lowest BCUT2D eigenvalue weighted by molar-refractivity contribution is -0.147. The normalized spacial score (nSPS) is 26.6.